The van der Waals surface area contributed by atoms with Gasteiger partial charge in [-0.1, -0.05) is 36.8 Å². The van der Waals surface area contributed by atoms with Crippen molar-refractivity contribution in [2.75, 3.05) is 0 Å². The predicted octanol–water partition coefficient (Wildman–Crippen LogP) is 3.95. The maximum Gasteiger partial charge on any atom is 0.134 e. The molecule has 0 N–H and O–H groups in total. The zero-order valence-corrected chi connectivity index (χ0v) is 8.37. The standard InChI is InChI=1S/C13H12O/c1-8-7-11-10-5-3-4-6-12(10)14-13(11)9(8)2/h3-7,9H,1-2H3. The third-order valence-corrected chi connectivity index (χ3v) is 3.11. The highest BCUT2D eigenvalue weighted by atomic mass is 16.3. The molecule has 0 spiro atoms. The summed E-state index contributed by atoms with van der Waals surface area (Å²) in [5.41, 5.74) is 3.68. The Morgan fingerprint density at radius 2 is 2.00 bits per heavy atom. The van der Waals surface area contributed by atoms with E-state index < -0.39 is 0 Å². The number of hydrogen-bond acceptors (Lipinski definition) is 1. The van der Waals surface area contributed by atoms with E-state index in [0.717, 1.165) is 11.3 Å². The van der Waals surface area contributed by atoms with Gasteiger partial charge in [0.25, 0.3) is 0 Å². The number of furan rings is 1. The van der Waals surface area contributed by atoms with Gasteiger partial charge in [-0.15, -0.1) is 0 Å². The monoisotopic (exact) mass is 184 g/mol. The zero-order chi connectivity index (χ0) is 9.71. The van der Waals surface area contributed by atoms with E-state index in [0.29, 0.717) is 5.92 Å². The molecule has 70 valence electrons. The molecule has 14 heavy (non-hydrogen) atoms. The summed E-state index contributed by atoms with van der Waals surface area (Å²) >= 11 is 0. The fourth-order valence-corrected chi connectivity index (χ4v) is 2.11. The molecule has 1 aliphatic carbocycles. The predicted molar refractivity (Wildman–Crippen MR) is 58.3 cm³/mol. The molecule has 1 atom stereocenters. The van der Waals surface area contributed by atoms with Crippen LogP contribution in [0.1, 0.15) is 31.1 Å². The van der Waals surface area contributed by atoms with E-state index in [1.165, 1.54) is 16.5 Å². The number of para-hydroxylation sites is 1. The summed E-state index contributed by atoms with van der Waals surface area (Å²) in [7, 11) is 0. The lowest BCUT2D eigenvalue weighted by Crippen LogP contribution is -1.86. The first kappa shape index (κ1) is 7.86. The first-order valence-electron chi connectivity index (χ1n) is 4.97. The molecule has 0 fully saturated rings. The highest BCUT2D eigenvalue weighted by Crippen LogP contribution is 2.41. The first-order valence-corrected chi connectivity index (χ1v) is 4.97. The van der Waals surface area contributed by atoms with Crippen molar-refractivity contribution in [1.82, 2.24) is 0 Å². The van der Waals surface area contributed by atoms with Gasteiger partial charge in [0.2, 0.25) is 0 Å². The molecule has 1 aromatic heterocycles. The largest absolute Gasteiger partial charge is 0.460 e. The van der Waals surface area contributed by atoms with Crippen molar-refractivity contribution < 1.29 is 4.42 Å². The van der Waals surface area contributed by atoms with Crippen LogP contribution in [0, 0.1) is 0 Å². The van der Waals surface area contributed by atoms with Crippen molar-refractivity contribution in [1.29, 1.82) is 0 Å². The Kier molecular flexibility index (Phi) is 1.41. The van der Waals surface area contributed by atoms with E-state index in [4.69, 9.17) is 4.42 Å². The van der Waals surface area contributed by atoms with Gasteiger partial charge in [0, 0.05) is 16.9 Å². The Balaban J connectivity index is 2.40. The van der Waals surface area contributed by atoms with Gasteiger partial charge >= 0.3 is 0 Å². The molecule has 0 saturated heterocycles. The molecule has 0 radical (unpaired) electrons. The van der Waals surface area contributed by atoms with Gasteiger partial charge in [-0.25, -0.2) is 0 Å². The molecular weight excluding hydrogens is 172 g/mol. The van der Waals surface area contributed by atoms with Crippen molar-refractivity contribution >= 4 is 17.0 Å². The number of allylic oxidation sites excluding steroid dienone is 1. The summed E-state index contributed by atoms with van der Waals surface area (Å²) in [4.78, 5) is 0. The highest BCUT2D eigenvalue weighted by molar-refractivity contribution is 5.91. The van der Waals surface area contributed by atoms with Gasteiger partial charge in [-0.05, 0) is 13.0 Å². The third kappa shape index (κ3) is 0.844. The van der Waals surface area contributed by atoms with Crippen molar-refractivity contribution in [3.63, 3.8) is 0 Å². The Hall–Kier alpha value is -1.50. The molecular formula is C13H12O. The molecule has 0 bridgehead atoms. The van der Waals surface area contributed by atoms with Crippen LogP contribution < -0.4 is 0 Å². The molecule has 1 unspecified atom stereocenters. The second-order valence-electron chi connectivity index (χ2n) is 3.99. The zero-order valence-electron chi connectivity index (χ0n) is 8.37. The minimum absolute atomic E-state index is 0.442. The van der Waals surface area contributed by atoms with Gasteiger partial charge < -0.3 is 4.42 Å². The summed E-state index contributed by atoms with van der Waals surface area (Å²) in [5.74, 6) is 1.57. The van der Waals surface area contributed by atoms with Crippen LogP contribution >= 0.6 is 0 Å². The molecule has 1 heteroatoms. The summed E-state index contributed by atoms with van der Waals surface area (Å²) in [6.07, 6.45) is 2.24. The Labute approximate surface area is 83.0 Å². The Morgan fingerprint density at radius 1 is 1.21 bits per heavy atom. The molecule has 0 saturated carbocycles. The second kappa shape index (κ2) is 2.50. The lowest BCUT2D eigenvalue weighted by atomic mass is 10.1. The quantitative estimate of drug-likeness (QED) is 0.604. The van der Waals surface area contributed by atoms with Crippen LogP contribution in [0.4, 0.5) is 0 Å². The minimum atomic E-state index is 0.442. The third-order valence-electron chi connectivity index (χ3n) is 3.11. The van der Waals surface area contributed by atoms with Crippen LogP contribution in [0.5, 0.6) is 0 Å². The summed E-state index contributed by atoms with van der Waals surface area (Å²) in [5, 5.41) is 1.24. The van der Waals surface area contributed by atoms with E-state index >= 15 is 0 Å². The van der Waals surface area contributed by atoms with Crippen LogP contribution in [0.15, 0.2) is 34.3 Å². The molecule has 2 aromatic rings. The number of benzene rings is 1. The van der Waals surface area contributed by atoms with Crippen molar-refractivity contribution in [3.05, 3.63) is 41.2 Å². The average Bonchev–Trinajstić information content (AvgIpc) is 2.67. The second-order valence-corrected chi connectivity index (χ2v) is 3.99. The normalized spacial score (nSPS) is 19.9. The summed E-state index contributed by atoms with van der Waals surface area (Å²) in [6, 6.07) is 8.23. The van der Waals surface area contributed by atoms with Crippen LogP contribution in [0.2, 0.25) is 0 Å². The van der Waals surface area contributed by atoms with Crippen molar-refractivity contribution in [2.24, 2.45) is 0 Å². The van der Waals surface area contributed by atoms with Gasteiger partial charge in [0.05, 0.1) is 0 Å². The van der Waals surface area contributed by atoms with Crippen LogP contribution in [0.3, 0.4) is 0 Å². The van der Waals surface area contributed by atoms with E-state index in [1.807, 2.05) is 12.1 Å². The first-order chi connectivity index (χ1) is 6.77. The van der Waals surface area contributed by atoms with Crippen LogP contribution in [-0.4, -0.2) is 0 Å². The van der Waals surface area contributed by atoms with Gasteiger partial charge in [0.15, 0.2) is 0 Å². The molecule has 0 aliphatic heterocycles. The van der Waals surface area contributed by atoms with Gasteiger partial charge in [0.1, 0.15) is 11.3 Å². The summed E-state index contributed by atoms with van der Waals surface area (Å²) in [6.45, 7) is 4.36. The fourth-order valence-electron chi connectivity index (χ4n) is 2.11. The molecule has 1 heterocycles. The van der Waals surface area contributed by atoms with Crippen LogP contribution in [0.25, 0.3) is 17.0 Å². The number of fused-ring (bicyclic) bond motifs is 3. The smallest absolute Gasteiger partial charge is 0.134 e. The molecule has 1 aliphatic rings. The molecule has 0 amide bonds. The SMILES string of the molecule is CC1=Cc2c(oc3ccccc23)C1C. The number of rotatable bonds is 0. The van der Waals surface area contributed by atoms with E-state index in [9.17, 15) is 0 Å². The molecule has 3 rings (SSSR count). The van der Waals surface area contributed by atoms with Gasteiger partial charge in [-0.2, -0.15) is 0 Å². The van der Waals surface area contributed by atoms with Crippen molar-refractivity contribution in [3.8, 4) is 0 Å². The minimum Gasteiger partial charge on any atom is -0.460 e. The number of hydrogen-bond donors (Lipinski definition) is 0. The van der Waals surface area contributed by atoms with E-state index in [2.05, 4.69) is 32.1 Å². The Bertz CT molecular complexity index is 531. The lowest BCUT2D eigenvalue weighted by Gasteiger charge is -2.01. The lowest BCUT2D eigenvalue weighted by molar-refractivity contribution is 0.534. The molecule has 1 aromatic carbocycles. The topological polar surface area (TPSA) is 13.1 Å². The van der Waals surface area contributed by atoms with E-state index in [-0.39, 0.29) is 0 Å². The fraction of sp³-hybridized carbons (Fsp3) is 0.231. The maximum atomic E-state index is 5.84. The summed E-state index contributed by atoms with van der Waals surface area (Å²) < 4.78 is 5.84. The van der Waals surface area contributed by atoms with Gasteiger partial charge in [-0.3, -0.25) is 0 Å². The van der Waals surface area contributed by atoms with Crippen LogP contribution in [-0.2, 0) is 0 Å². The van der Waals surface area contributed by atoms with Crippen molar-refractivity contribution in [2.45, 2.75) is 19.8 Å². The maximum absolute atomic E-state index is 5.84. The molecule has 1 nitrogen and oxygen atoms in total. The Morgan fingerprint density at radius 3 is 2.86 bits per heavy atom. The highest BCUT2D eigenvalue weighted by Gasteiger charge is 2.24. The average molecular weight is 184 g/mol. The van der Waals surface area contributed by atoms with E-state index in [1.54, 1.807) is 0 Å².